The SMILES string of the molecule is C=CCn1c2cc(C)oc2c2cnn(CC(=O)N[C@@H](C)c3ccccn3)c(=O)c21. The van der Waals surface area contributed by atoms with Crippen molar-refractivity contribution in [2.45, 2.75) is 33.0 Å². The second-order valence-corrected chi connectivity index (χ2v) is 6.88. The van der Waals surface area contributed by atoms with E-state index in [0.29, 0.717) is 23.0 Å². The van der Waals surface area contributed by atoms with Crippen molar-refractivity contribution in [2.75, 3.05) is 0 Å². The maximum Gasteiger partial charge on any atom is 0.291 e. The smallest absolute Gasteiger partial charge is 0.291 e. The first-order valence-corrected chi connectivity index (χ1v) is 9.29. The number of hydrogen-bond acceptors (Lipinski definition) is 5. The Hall–Kier alpha value is -3.68. The summed E-state index contributed by atoms with van der Waals surface area (Å²) in [4.78, 5) is 29.8. The van der Waals surface area contributed by atoms with Crippen LogP contribution in [0.3, 0.4) is 0 Å². The van der Waals surface area contributed by atoms with Gasteiger partial charge < -0.3 is 14.3 Å². The third-order valence-electron chi connectivity index (χ3n) is 4.77. The topological polar surface area (TPSA) is 94.9 Å². The molecule has 0 fully saturated rings. The molecular formula is C21H21N5O3. The number of furan rings is 1. The molecule has 0 saturated carbocycles. The minimum absolute atomic E-state index is 0.189. The Morgan fingerprint density at radius 2 is 2.24 bits per heavy atom. The molecule has 0 unspecified atom stereocenters. The Balaban J connectivity index is 1.67. The molecule has 0 spiro atoms. The number of aryl methyl sites for hydroxylation is 1. The van der Waals surface area contributed by atoms with Crippen molar-refractivity contribution >= 4 is 27.9 Å². The molecule has 4 aromatic heterocycles. The fourth-order valence-electron chi connectivity index (χ4n) is 3.48. The highest BCUT2D eigenvalue weighted by Gasteiger charge is 2.20. The van der Waals surface area contributed by atoms with Crippen LogP contribution in [0.4, 0.5) is 0 Å². The summed E-state index contributed by atoms with van der Waals surface area (Å²) in [6, 6.07) is 7.10. The Kier molecular flexibility index (Phi) is 4.75. The predicted molar refractivity (Wildman–Crippen MR) is 109 cm³/mol. The molecular weight excluding hydrogens is 370 g/mol. The van der Waals surface area contributed by atoms with Crippen molar-refractivity contribution in [2.24, 2.45) is 0 Å². The Morgan fingerprint density at radius 1 is 1.41 bits per heavy atom. The van der Waals surface area contributed by atoms with Gasteiger partial charge in [0.1, 0.15) is 17.8 Å². The van der Waals surface area contributed by atoms with Crippen LogP contribution >= 0.6 is 0 Å². The normalized spacial score (nSPS) is 12.3. The molecule has 0 aromatic carbocycles. The van der Waals surface area contributed by atoms with Gasteiger partial charge in [-0.3, -0.25) is 14.6 Å². The molecule has 1 atom stereocenters. The lowest BCUT2D eigenvalue weighted by atomic mass is 10.2. The van der Waals surface area contributed by atoms with Gasteiger partial charge in [0.25, 0.3) is 5.56 Å². The minimum atomic E-state index is -0.353. The van der Waals surface area contributed by atoms with Gasteiger partial charge in [-0.25, -0.2) is 4.68 Å². The third kappa shape index (κ3) is 3.33. The molecule has 1 N–H and O–H groups in total. The third-order valence-corrected chi connectivity index (χ3v) is 4.77. The van der Waals surface area contributed by atoms with Crippen LogP contribution in [0, 0.1) is 6.92 Å². The molecule has 4 rings (SSSR count). The van der Waals surface area contributed by atoms with Crippen LogP contribution in [-0.2, 0) is 17.9 Å². The number of nitrogens with zero attached hydrogens (tertiary/aromatic N) is 4. The number of hydrogen-bond donors (Lipinski definition) is 1. The van der Waals surface area contributed by atoms with Crippen LogP contribution in [0.5, 0.6) is 0 Å². The van der Waals surface area contributed by atoms with Crippen LogP contribution in [-0.4, -0.2) is 25.2 Å². The number of allylic oxidation sites excluding steroid dienone is 1. The first-order chi connectivity index (χ1) is 14.0. The average Bonchev–Trinajstić information content (AvgIpc) is 3.21. The summed E-state index contributed by atoms with van der Waals surface area (Å²) in [5.74, 6) is 0.431. The molecule has 1 amide bonds. The van der Waals surface area contributed by atoms with Crippen LogP contribution in [0.1, 0.15) is 24.4 Å². The number of carbonyl (C=O) groups excluding carboxylic acids is 1. The van der Waals surface area contributed by atoms with Crippen molar-refractivity contribution in [3.05, 3.63) is 71.1 Å². The Morgan fingerprint density at radius 3 is 2.97 bits per heavy atom. The molecule has 8 heteroatoms. The molecule has 0 saturated heterocycles. The monoisotopic (exact) mass is 391 g/mol. The molecule has 0 aliphatic carbocycles. The van der Waals surface area contributed by atoms with Crippen molar-refractivity contribution in [3.8, 4) is 0 Å². The van der Waals surface area contributed by atoms with Gasteiger partial charge in [0.15, 0.2) is 5.58 Å². The molecule has 4 heterocycles. The van der Waals surface area contributed by atoms with E-state index >= 15 is 0 Å². The lowest BCUT2D eigenvalue weighted by Gasteiger charge is -2.13. The second kappa shape index (κ2) is 7.38. The van der Waals surface area contributed by atoms with E-state index in [9.17, 15) is 9.59 Å². The van der Waals surface area contributed by atoms with Crippen molar-refractivity contribution < 1.29 is 9.21 Å². The van der Waals surface area contributed by atoms with E-state index < -0.39 is 0 Å². The molecule has 148 valence electrons. The molecule has 0 aliphatic rings. The summed E-state index contributed by atoms with van der Waals surface area (Å²) in [7, 11) is 0. The van der Waals surface area contributed by atoms with Gasteiger partial charge in [-0.2, -0.15) is 5.10 Å². The summed E-state index contributed by atoms with van der Waals surface area (Å²) < 4.78 is 8.75. The van der Waals surface area contributed by atoms with Crippen molar-refractivity contribution in [1.82, 2.24) is 24.6 Å². The molecule has 0 bridgehead atoms. The van der Waals surface area contributed by atoms with Gasteiger partial charge in [-0.05, 0) is 26.0 Å². The summed E-state index contributed by atoms with van der Waals surface area (Å²) in [5, 5.41) is 7.66. The van der Waals surface area contributed by atoms with Gasteiger partial charge >= 0.3 is 0 Å². The minimum Gasteiger partial charge on any atom is -0.459 e. The first-order valence-electron chi connectivity index (χ1n) is 9.29. The standard InChI is InChI=1S/C21H21N5O3/c1-4-9-25-17-10-13(2)29-20(17)15-11-23-26(21(28)19(15)25)12-18(27)24-14(3)16-7-5-6-8-22-16/h4-8,10-11,14H,1,9,12H2,2-3H3,(H,24,27)/t14-/m0/s1. The van der Waals surface area contributed by atoms with Gasteiger partial charge in [-0.15, -0.1) is 6.58 Å². The lowest BCUT2D eigenvalue weighted by molar-refractivity contribution is -0.122. The predicted octanol–water partition coefficient (Wildman–Crippen LogP) is 2.71. The summed E-state index contributed by atoms with van der Waals surface area (Å²) in [5.41, 5.74) is 2.26. The van der Waals surface area contributed by atoms with Gasteiger partial charge in [0.2, 0.25) is 5.91 Å². The Labute approximate surface area is 166 Å². The quantitative estimate of drug-likeness (QED) is 0.510. The molecule has 4 aromatic rings. The second-order valence-electron chi connectivity index (χ2n) is 6.88. The average molecular weight is 391 g/mol. The van der Waals surface area contributed by atoms with Crippen LogP contribution in [0.2, 0.25) is 0 Å². The fourth-order valence-corrected chi connectivity index (χ4v) is 3.48. The molecule has 8 nitrogen and oxygen atoms in total. The zero-order valence-corrected chi connectivity index (χ0v) is 16.3. The van der Waals surface area contributed by atoms with E-state index in [1.165, 1.54) is 0 Å². The highest BCUT2D eigenvalue weighted by molar-refractivity contribution is 6.04. The summed E-state index contributed by atoms with van der Waals surface area (Å²) in [6.07, 6.45) is 4.95. The van der Waals surface area contributed by atoms with Gasteiger partial charge in [0, 0.05) is 18.8 Å². The van der Waals surface area contributed by atoms with Crippen LogP contribution in [0.25, 0.3) is 22.0 Å². The zero-order valence-electron chi connectivity index (χ0n) is 16.3. The number of rotatable bonds is 6. The number of amides is 1. The fraction of sp³-hybridized carbons (Fsp3) is 0.238. The number of aromatic nitrogens is 4. The molecule has 29 heavy (non-hydrogen) atoms. The van der Waals surface area contributed by atoms with Gasteiger partial charge in [-0.1, -0.05) is 12.1 Å². The maximum absolute atomic E-state index is 13.1. The van der Waals surface area contributed by atoms with Crippen LogP contribution in [0.15, 0.2) is 58.5 Å². The van der Waals surface area contributed by atoms with E-state index in [1.54, 1.807) is 18.5 Å². The van der Waals surface area contributed by atoms with Gasteiger partial charge in [0.05, 0.1) is 28.8 Å². The number of pyridine rings is 1. The summed E-state index contributed by atoms with van der Waals surface area (Å²) in [6.45, 7) is 7.72. The highest BCUT2D eigenvalue weighted by Crippen LogP contribution is 2.29. The van der Waals surface area contributed by atoms with Crippen molar-refractivity contribution in [1.29, 1.82) is 0 Å². The first kappa shape index (κ1) is 18.7. The van der Waals surface area contributed by atoms with E-state index in [2.05, 4.69) is 22.0 Å². The summed E-state index contributed by atoms with van der Waals surface area (Å²) >= 11 is 0. The largest absolute Gasteiger partial charge is 0.459 e. The Bertz CT molecular complexity index is 1270. The van der Waals surface area contributed by atoms with E-state index in [0.717, 1.165) is 21.7 Å². The zero-order chi connectivity index (χ0) is 20.5. The van der Waals surface area contributed by atoms with E-state index in [-0.39, 0.29) is 24.1 Å². The van der Waals surface area contributed by atoms with Crippen molar-refractivity contribution in [3.63, 3.8) is 0 Å². The molecule has 0 aliphatic heterocycles. The van der Waals surface area contributed by atoms with E-state index in [1.807, 2.05) is 42.7 Å². The molecule has 0 radical (unpaired) electrons. The highest BCUT2D eigenvalue weighted by atomic mass is 16.3. The van der Waals surface area contributed by atoms with Crippen LogP contribution < -0.4 is 10.9 Å². The van der Waals surface area contributed by atoms with E-state index in [4.69, 9.17) is 4.42 Å². The lowest BCUT2D eigenvalue weighted by Crippen LogP contribution is -2.35. The maximum atomic E-state index is 13.1. The number of nitrogens with one attached hydrogen (secondary N) is 1. The number of fused-ring (bicyclic) bond motifs is 3. The number of carbonyl (C=O) groups is 1.